The second-order valence-corrected chi connectivity index (χ2v) is 4.77. The van der Waals surface area contributed by atoms with Gasteiger partial charge in [-0.2, -0.15) is 13.2 Å². The molecule has 0 saturated carbocycles. The van der Waals surface area contributed by atoms with Crippen molar-refractivity contribution in [1.82, 2.24) is 9.55 Å². The first-order valence-electron chi connectivity index (χ1n) is 6.63. The Morgan fingerprint density at radius 3 is 2.65 bits per heavy atom. The second kappa shape index (κ2) is 6.51. The van der Waals surface area contributed by atoms with Gasteiger partial charge >= 0.3 is 6.18 Å². The van der Waals surface area contributed by atoms with Crippen LogP contribution in [0.15, 0.2) is 55.5 Å². The van der Waals surface area contributed by atoms with E-state index >= 15 is 0 Å². The third-order valence-corrected chi connectivity index (χ3v) is 2.91. The zero-order chi connectivity index (χ0) is 17.0. The molecule has 2 rings (SSSR count). The van der Waals surface area contributed by atoms with Crippen molar-refractivity contribution in [2.75, 3.05) is 5.32 Å². The molecule has 0 aliphatic heterocycles. The molecule has 0 spiro atoms. The van der Waals surface area contributed by atoms with Gasteiger partial charge in [-0.05, 0) is 25.1 Å². The molecule has 0 saturated heterocycles. The number of allylic oxidation sites excluding steroid dienone is 2. The molecule has 7 heteroatoms. The molecule has 1 aromatic carbocycles. The molecular weight excluding hydrogens is 307 g/mol. The number of carbonyl (C=O) groups is 1. The topological polar surface area (TPSA) is 46.9 Å². The average Bonchev–Trinajstić information content (AvgIpc) is 2.90. The van der Waals surface area contributed by atoms with Crippen LogP contribution in [0.3, 0.4) is 0 Å². The van der Waals surface area contributed by atoms with Crippen molar-refractivity contribution in [3.63, 3.8) is 0 Å². The van der Waals surface area contributed by atoms with E-state index in [4.69, 9.17) is 0 Å². The van der Waals surface area contributed by atoms with Crippen LogP contribution in [0.2, 0.25) is 0 Å². The number of carbonyl (C=O) groups excluding carboxylic acids is 1. The van der Waals surface area contributed by atoms with Gasteiger partial charge in [0.2, 0.25) is 5.91 Å². The minimum atomic E-state index is -4.53. The molecule has 0 unspecified atom stereocenters. The summed E-state index contributed by atoms with van der Waals surface area (Å²) < 4.78 is 40.6. The fourth-order valence-corrected chi connectivity index (χ4v) is 1.90. The first kappa shape index (κ1) is 16.5. The number of rotatable bonds is 4. The summed E-state index contributed by atoms with van der Waals surface area (Å²) in [4.78, 5) is 15.6. The number of aryl methyl sites for hydroxylation is 1. The molecule has 0 aliphatic rings. The maximum absolute atomic E-state index is 13.0. The van der Waals surface area contributed by atoms with Crippen LogP contribution in [0.4, 0.5) is 18.9 Å². The van der Waals surface area contributed by atoms with Crippen LogP contribution in [-0.4, -0.2) is 15.5 Å². The number of anilines is 1. The molecular formula is C16H14F3N3O. The van der Waals surface area contributed by atoms with E-state index in [1.807, 2.05) is 0 Å². The molecule has 2 aromatic rings. The third kappa shape index (κ3) is 4.32. The van der Waals surface area contributed by atoms with Crippen molar-refractivity contribution >= 4 is 11.6 Å². The van der Waals surface area contributed by atoms with Gasteiger partial charge in [-0.25, -0.2) is 4.98 Å². The molecule has 0 radical (unpaired) electrons. The van der Waals surface area contributed by atoms with Crippen molar-refractivity contribution in [2.24, 2.45) is 0 Å². The Morgan fingerprint density at radius 1 is 1.35 bits per heavy atom. The van der Waals surface area contributed by atoms with Gasteiger partial charge in [0.05, 0.1) is 17.6 Å². The van der Waals surface area contributed by atoms with Crippen molar-refractivity contribution in [1.29, 1.82) is 0 Å². The molecule has 23 heavy (non-hydrogen) atoms. The monoisotopic (exact) mass is 321 g/mol. The third-order valence-electron chi connectivity index (χ3n) is 2.91. The SMILES string of the molecule is C=CC=CC(=O)Nc1cc(-n2cnc(C)c2)cc(C(F)(F)F)c1. The highest BCUT2D eigenvalue weighted by Gasteiger charge is 2.31. The van der Waals surface area contributed by atoms with E-state index in [9.17, 15) is 18.0 Å². The Morgan fingerprint density at radius 2 is 2.09 bits per heavy atom. The fraction of sp³-hybridized carbons (Fsp3) is 0.125. The number of nitrogens with one attached hydrogen (secondary N) is 1. The number of imidazole rings is 1. The number of hydrogen-bond acceptors (Lipinski definition) is 2. The van der Waals surface area contributed by atoms with Gasteiger partial charge in [-0.1, -0.05) is 18.7 Å². The van der Waals surface area contributed by atoms with Gasteiger partial charge in [0.15, 0.2) is 0 Å². The molecule has 0 fully saturated rings. The van der Waals surface area contributed by atoms with Crippen LogP contribution in [0.5, 0.6) is 0 Å². The number of alkyl halides is 3. The zero-order valence-corrected chi connectivity index (χ0v) is 12.3. The summed E-state index contributed by atoms with van der Waals surface area (Å²) in [5.41, 5.74) is 0.106. The van der Waals surface area contributed by atoms with Gasteiger partial charge in [0, 0.05) is 23.6 Å². The molecule has 0 bridgehead atoms. The first-order valence-corrected chi connectivity index (χ1v) is 6.63. The highest BCUT2D eigenvalue weighted by atomic mass is 19.4. The van der Waals surface area contributed by atoms with Gasteiger partial charge in [0.1, 0.15) is 0 Å². The zero-order valence-electron chi connectivity index (χ0n) is 12.3. The van der Waals surface area contributed by atoms with E-state index in [-0.39, 0.29) is 11.4 Å². The van der Waals surface area contributed by atoms with E-state index in [0.29, 0.717) is 5.69 Å². The first-order chi connectivity index (χ1) is 10.8. The van der Waals surface area contributed by atoms with E-state index in [0.717, 1.165) is 12.1 Å². The van der Waals surface area contributed by atoms with E-state index < -0.39 is 17.6 Å². The molecule has 1 heterocycles. The van der Waals surface area contributed by atoms with Crippen molar-refractivity contribution < 1.29 is 18.0 Å². The summed E-state index contributed by atoms with van der Waals surface area (Å²) in [5, 5.41) is 2.40. The summed E-state index contributed by atoms with van der Waals surface area (Å²) in [7, 11) is 0. The average molecular weight is 321 g/mol. The standard InChI is InChI=1S/C16H14F3N3O/c1-3-4-5-15(23)21-13-6-12(16(17,18)19)7-14(8-13)22-9-11(2)20-10-22/h3-10H,1H2,2H3,(H,21,23). The minimum Gasteiger partial charge on any atom is -0.322 e. The summed E-state index contributed by atoms with van der Waals surface area (Å²) in [6.45, 7) is 5.15. The summed E-state index contributed by atoms with van der Waals surface area (Å²) in [6.07, 6.45) is 2.44. The normalized spacial score (nSPS) is 11.7. The number of benzene rings is 1. The molecule has 4 nitrogen and oxygen atoms in total. The Hall–Kier alpha value is -2.83. The molecule has 1 aromatic heterocycles. The predicted octanol–water partition coefficient (Wildman–Crippen LogP) is 3.88. The molecule has 0 atom stereocenters. The minimum absolute atomic E-state index is 0.0416. The van der Waals surface area contributed by atoms with E-state index in [1.54, 1.807) is 13.1 Å². The molecule has 0 aliphatic carbocycles. The second-order valence-electron chi connectivity index (χ2n) is 4.77. The van der Waals surface area contributed by atoms with Crippen LogP contribution < -0.4 is 5.32 Å². The van der Waals surface area contributed by atoms with Crippen LogP contribution in [0, 0.1) is 6.92 Å². The molecule has 1 amide bonds. The summed E-state index contributed by atoms with van der Waals surface area (Å²) in [6, 6.07) is 3.32. The summed E-state index contributed by atoms with van der Waals surface area (Å²) in [5.74, 6) is -0.544. The maximum atomic E-state index is 13.0. The fourth-order valence-electron chi connectivity index (χ4n) is 1.90. The van der Waals surface area contributed by atoms with Gasteiger partial charge in [0.25, 0.3) is 0 Å². The highest BCUT2D eigenvalue weighted by Crippen LogP contribution is 2.33. The lowest BCUT2D eigenvalue weighted by molar-refractivity contribution is -0.137. The van der Waals surface area contributed by atoms with E-state index in [1.165, 1.54) is 35.2 Å². The number of hydrogen-bond donors (Lipinski definition) is 1. The van der Waals surface area contributed by atoms with Crippen molar-refractivity contribution in [2.45, 2.75) is 13.1 Å². The highest BCUT2D eigenvalue weighted by molar-refractivity contribution is 5.99. The Balaban J connectivity index is 2.43. The molecule has 120 valence electrons. The lowest BCUT2D eigenvalue weighted by Crippen LogP contribution is -2.11. The van der Waals surface area contributed by atoms with E-state index in [2.05, 4.69) is 16.9 Å². The Labute approximate surface area is 131 Å². The summed E-state index contributed by atoms with van der Waals surface area (Å²) >= 11 is 0. The van der Waals surface area contributed by atoms with Gasteiger partial charge in [-0.3, -0.25) is 4.79 Å². The number of nitrogens with zero attached hydrogens (tertiary/aromatic N) is 2. The number of aromatic nitrogens is 2. The number of amides is 1. The lowest BCUT2D eigenvalue weighted by atomic mass is 10.1. The van der Waals surface area contributed by atoms with Crippen molar-refractivity contribution in [3.05, 3.63) is 66.8 Å². The maximum Gasteiger partial charge on any atom is 0.416 e. The van der Waals surface area contributed by atoms with Gasteiger partial charge < -0.3 is 9.88 Å². The Kier molecular flexibility index (Phi) is 4.68. The number of halogens is 3. The smallest absolute Gasteiger partial charge is 0.322 e. The lowest BCUT2D eigenvalue weighted by Gasteiger charge is -2.13. The van der Waals surface area contributed by atoms with Gasteiger partial charge in [-0.15, -0.1) is 0 Å². The predicted molar refractivity (Wildman–Crippen MR) is 81.3 cm³/mol. The largest absolute Gasteiger partial charge is 0.416 e. The van der Waals surface area contributed by atoms with Crippen molar-refractivity contribution in [3.8, 4) is 5.69 Å². The molecule has 1 N–H and O–H groups in total. The Bertz CT molecular complexity index is 760. The van der Waals surface area contributed by atoms with Crippen LogP contribution in [0.1, 0.15) is 11.3 Å². The van der Waals surface area contributed by atoms with Crippen LogP contribution in [0.25, 0.3) is 5.69 Å². The van der Waals surface area contributed by atoms with Crippen LogP contribution in [-0.2, 0) is 11.0 Å². The quantitative estimate of drug-likeness (QED) is 0.686. The van der Waals surface area contributed by atoms with Crippen LogP contribution >= 0.6 is 0 Å².